The molecule has 144 valence electrons. The number of hydrogen-bond acceptors (Lipinski definition) is 3. The third kappa shape index (κ3) is 4.38. The number of aryl methyl sites for hydroxylation is 1. The van der Waals surface area contributed by atoms with E-state index in [9.17, 15) is 9.59 Å². The molecule has 1 aliphatic rings. The molecular weight excluding hydrogens is 342 g/mol. The number of amides is 1. The minimum Gasteiger partial charge on any atom is -0.481 e. The molecule has 0 spiro atoms. The van der Waals surface area contributed by atoms with Crippen LogP contribution in [0.15, 0.2) is 30.5 Å². The van der Waals surface area contributed by atoms with Crippen molar-refractivity contribution >= 4 is 11.9 Å². The van der Waals surface area contributed by atoms with E-state index >= 15 is 0 Å². The Morgan fingerprint density at radius 1 is 1.26 bits per heavy atom. The van der Waals surface area contributed by atoms with Gasteiger partial charge in [-0.25, -0.2) is 0 Å². The summed E-state index contributed by atoms with van der Waals surface area (Å²) in [4.78, 5) is 30.5. The summed E-state index contributed by atoms with van der Waals surface area (Å²) in [6, 6.07) is 7.79. The van der Waals surface area contributed by atoms with Crippen LogP contribution in [0.1, 0.15) is 59.5 Å². The highest BCUT2D eigenvalue weighted by molar-refractivity contribution is 5.96. The monoisotopic (exact) mass is 369 g/mol. The highest BCUT2D eigenvalue weighted by Gasteiger charge is 2.29. The van der Waals surface area contributed by atoms with Crippen LogP contribution in [0.25, 0.3) is 0 Å². The zero-order valence-electron chi connectivity index (χ0n) is 16.0. The molecule has 3 heterocycles. The van der Waals surface area contributed by atoms with Gasteiger partial charge in [0.2, 0.25) is 0 Å². The molecule has 0 aromatic carbocycles. The number of hydrogen-bond donors (Lipinski definition) is 1. The van der Waals surface area contributed by atoms with Crippen molar-refractivity contribution in [2.24, 2.45) is 0 Å². The third-order valence-electron chi connectivity index (χ3n) is 5.43. The first-order valence-corrected chi connectivity index (χ1v) is 9.56. The molecule has 1 saturated heterocycles. The van der Waals surface area contributed by atoms with Gasteiger partial charge in [-0.2, -0.15) is 0 Å². The van der Waals surface area contributed by atoms with Crippen molar-refractivity contribution in [3.05, 3.63) is 53.1 Å². The third-order valence-corrected chi connectivity index (χ3v) is 5.43. The van der Waals surface area contributed by atoms with Gasteiger partial charge in [0.25, 0.3) is 5.91 Å². The first-order chi connectivity index (χ1) is 13.0. The molecule has 2 aromatic rings. The maximum absolute atomic E-state index is 13.2. The van der Waals surface area contributed by atoms with Gasteiger partial charge in [-0.05, 0) is 57.7 Å². The zero-order chi connectivity index (χ0) is 19.4. The van der Waals surface area contributed by atoms with Gasteiger partial charge in [-0.15, -0.1) is 0 Å². The summed E-state index contributed by atoms with van der Waals surface area (Å²) in [7, 11) is 0. The van der Waals surface area contributed by atoms with Crippen molar-refractivity contribution in [3.63, 3.8) is 0 Å². The first-order valence-electron chi connectivity index (χ1n) is 9.56. The molecular formula is C21H27N3O3. The lowest BCUT2D eigenvalue weighted by molar-refractivity contribution is -0.137. The normalized spacial score (nSPS) is 17.1. The second kappa shape index (κ2) is 8.37. The number of carbonyl (C=O) groups excluding carboxylic acids is 1. The van der Waals surface area contributed by atoms with E-state index in [1.54, 1.807) is 6.20 Å². The van der Waals surface area contributed by atoms with Gasteiger partial charge in [0, 0.05) is 36.6 Å². The van der Waals surface area contributed by atoms with E-state index in [4.69, 9.17) is 5.11 Å². The van der Waals surface area contributed by atoms with Gasteiger partial charge in [0.05, 0.1) is 17.8 Å². The van der Waals surface area contributed by atoms with Gasteiger partial charge in [0.15, 0.2) is 0 Å². The summed E-state index contributed by atoms with van der Waals surface area (Å²) in [6.45, 7) is 5.31. The Kier molecular flexibility index (Phi) is 5.94. The van der Waals surface area contributed by atoms with Crippen LogP contribution >= 0.6 is 0 Å². The summed E-state index contributed by atoms with van der Waals surface area (Å²) in [6.07, 6.45) is 5.30. The molecule has 3 rings (SSSR count). The number of carboxylic acid groups (broad SMARTS) is 1. The molecule has 0 radical (unpaired) electrons. The van der Waals surface area contributed by atoms with Gasteiger partial charge in [0.1, 0.15) is 0 Å². The fraction of sp³-hybridized carbons (Fsp3) is 0.476. The van der Waals surface area contributed by atoms with Crippen LogP contribution in [0, 0.1) is 13.8 Å². The fourth-order valence-corrected chi connectivity index (χ4v) is 3.93. The lowest BCUT2D eigenvalue weighted by atomic mass is 9.97. The number of carboxylic acids is 1. The number of aromatic nitrogens is 2. The Bertz CT molecular complexity index is 814. The SMILES string of the molecule is Cc1cc(C(=O)N2CCCCC2CCC(=O)O)c(C)n1Cc1ccccn1. The quantitative estimate of drug-likeness (QED) is 0.847. The maximum Gasteiger partial charge on any atom is 0.303 e. The molecule has 0 aliphatic carbocycles. The molecule has 1 amide bonds. The summed E-state index contributed by atoms with van der Waals surface area (Å²) < 4.78 is 2.12. The summed E-state index contributed by atoms with van der Waals surface area (Å²) in [5.74, 6) is -0.785. The van der Waals surface area contributed by atoms with Crippen molar-refractivity contribution < 1.29 is 14.7 Å². The number of carbonyl (C=O) groups is 2. The maximum atomic E-state index is 13.2. The number of nitrogens with zero attached hydrogens (tertiary/aromatic N) is 3. The molecule has 27 heavy (non-hydrogen) atoms. The number of piperidine rings is 1. The number of rotatable bonds is 6. The number of aliphatic carboxylic acids is 1. The van der Waals surface area contributed by atoms with E-state index in [1.807, 2.05) is 43.0 Å². The Morgan fingerprint density at radius 3 is 2.78 bits per heavy atom. The van der Waals surface area contributed by atoms with E-state index in [0.717, 1.165) is 36.3 Å². The Balaban J connectivity index is 1.81. The zero-order valence-corrected chi connectivity index (χ0v) is 16.0. The Morgan fingerprint density at radius 2 is 2.07 bits per heavy atom. The molecule has 1 N–H and O–H groups in total. The van der Waals surface area contributed by atoms with Crippen LogP contribution in [0.2, 0.25) is 0 Å². The standard InChI is InChI=1S/C21H27N3O3/c1-15-13-19(16(2)24(15)14-17-7-3-5-11-22-17)21(27)23-12-6-4-8-18(23)9-10-20(25)26/h3,5,7,11,13,18H,4,6,8-10,12,14H2,1-2H3,(H,25,26). The minimum atomic E-state index is -0.804. The van der Waals surface area contributed by atoms with Crippen molar-refractivity contribution in [2.45, 2.75) is 58.5 Å². The Labute approximate surface area is 159 Å². The second-order valence-corrected chi connectivity index (χ2v) is 7.27. The van der Waals surface area contributed by atoms with Crippen molar-refractivity contribution in [2.75, 3.05) is 6.54 Å². The minimum absolute atomic E-state index is 0.0150. The lowest BCUT2D eigenvalue weighted by Crippen LogP contribution is -2.44. The van der Waals surface area contributed by atoms with Gasteiger partial charge in [-0.1, -0.05) is 6.07 Å². The molecule has 1 atom stereocenters. The summed E-state index contributed by atoms with van der Waals surface area (Å²) in [5, 5.41) is 9.00. The van der Waals surface area contributed by atoms with Crippen LogP contribution < -0.4 is 0 Å². The predicted octanol–water partition coefficient (Wildman–Crippen LogP) is 3.41. The average Bonchev–Trinajstić information content (AvgIpc) is 2.95. The topological polar surface area (TPSA) is 75.4 Å². The van der Waals surface area contributed by atoms with Gasteiger partial charge in [-0.3, -0.25) is 14.6 Å². The van der Waals surface area contributed by atoms with Crippen molar-refractivity contribution in [1.82, 2.24) is 14.5 Å². The molecule has 6 nitrogen and oxygen atoms in total. The van der Waals surface area contributed by atoms with E-state index in [0.29, 0.717) is 25.1 Å². The number of likely N-dealkylation sites (tertiary alicyclic amines) is 1. The fourth-order valence-electron chi connectivity index (χ4n) is 3.93. The lowest BCUT2D eigenvalue weighted by Gasteiger charge is -2.35. The molecule has 2 aromatic heterocycles. The summed E-state index contributed by atoms with van der Waals surface area (Å²) >= 11 is 0. The van der Waals surface area contributed by atoms with Crippen LogP contribution in [-0.4, -0.2) is 44.0 Å². The van der Waals surface area contributed by atoms with Crippen LogP contribution in [0.4, 0.5) is 0 Å². The van der Waals surface area contributed by atoms with E-state index in [1.165, 1.54) is 0 Å². The summed E-state index contributed by atoms with van der Waals surface area (Å²) in [5.41, 5.74) is 3.63. The molecule has 0 saturated carbocycles. The molecule has 6 heteroatoms. The molecule has 1 aliphatic heterocycles. The smallest absolute Gasteiger partial charge is 0.303 e. The highest BCUT2D eigenvalue weighted by Crippen LogP contribution is 2.25. The Hall–Kier alpha value is -2.63. The van der Waals surface area contributed by atoms with E-state index < -0.39 is 5.97 Å². The molecule has 1 unspecified atom stereocenters. The van der Waals surface area contributed by atoms with Crippen LogP contribution in [-0.2, 0) is 11.3 Å². The molecule has 0 bridgehead atoms. The number of pyridine rings is 1. The van der Waals surface area contributed by atoms with Gasteiger partial charge < -0.3 is 14.6 Å². The van der Waals surface area contributed by atoms with Crippen molar-refractivity contribution in [1.29, 1.82) is 0 Å². The largest absolute Gasteiger partial charge is 0.481 e. The van der Waals surface area contributed by atoms with E-state index in [2.05, 4.69) is 9.55 Å². The predicted molar refractivity (Wildman–Crippen MR) is 103 cm³/mol. The van der Waals surface area contributed by atoms with Gasteiger partial charge >= 0.3 is 5.97 Å². The second-order valence-electron chi connectivity index (χ2n) is 7.27. The van der Waals surface area contributed by atoms with Crippen LogP contribution in [0.5, 0.6) is 0 Å². The van der Waals surface area contributed by atoms with E-state index in [-0.39, 0.29) is 18.4 Å². The first kappa shape index (κ1) is 19.1. The van der Waals surface area contributed by atoms with Crippen molar-refractivity contribution in [3.8, 4) is 0 Å². The highest BCUT2D eigenvalue weighted by atomic mass is 16.4. The molecule has 1 fully saturated rings. The average molecular weight is 369 g/mol. The van der Waals surface area contributed by atoms with Crippen LogP contribution in [0.3, 0.4) is 0 Å².